The van der Waals surface area contributed by atoms with Gasteiger partial charge in [0.25, 0.3) is 0 Å². The molecule has 0 spiro atoms. The maximum Gasteiger partial charge on any atom is 0.249 e. The van der Waals surface area contributed by atoms with Crippen molar-refractivity contribution in [3.8, 4) is 11.8 Å². The fourth-order valence-electron chi connectivity index (χ4n) is 7.52. The summed E-state index contributed by atoms with van der Waals surface area (Å²) in [6.07, 6.45) is 6.39. The average Bonchev–Trinajstić information content (AvgIpc) is 3.92. The zero-order valence-electron chi connectivity index (χ0n) is 32.6. The molecule has 4 amide bonds. The lowest BCUT2D eigenvalue weighted by Crippen LogP contribution is -2.58. The van der Waals surface area contributed by atoms with Crippen molar-refractivity contribution in [1.82, 2.24) is 36.4 Å². The number of hydrogen-bond donors (Lipinski definition) is 5. The molecule has 12 nitrogen and oxygen atoms in total. The predicted molar refractivity (Wildman–Crippen MR) is 209 cm³/mol. The lowest BCUT2D eigenvalue weighted by Gasteiger charge is -2.34. The number of amides is 4. The summed E-state index contributed by atoms with van der Waals surface area (Å²) in [7, 11) is 3.41. The van der Waals surface area contributed by atoms with Crippen molar-refractivity contribution in [2.45, 2.75) is 108 Å². The van der Waals surface area contributed by atoms with Crippen LogP contribution in [0.3, 0.4) is 0 Å². The molecular formula is C42H59N7O5. The molecular weight excluding hydrogens is 683 g/mol. The van der Waals surface area contributed by atoms with E-state index in [2.05, 4.69) is 62.7 Å². The van der Waals surface area contributed by atoms with E-state index >= 15 is 0 Å². The lowest BCUT2D eigenvalue weighted by atomic mass is 9.87. The summed E-state index contributed by atoms with van der Waals surface area (Å²) in [4.78, 5) is 57.1. The third-order valence-corrected chi connectivity index (χ3v) is 11.2. The van der Waals surface area contributed by atoms with Gasteiger partial charge >= 0.3 is 0 Å². The van der Waals surface area contributed by atoms with Crippen LogP contribution in [-0.2, 0) is 30.3 Å². The van der Waals surface area contributed by atoms with Gasteiger partial charge in [0.05, 0.1) is 18.2 Å². The molecule has 0 bridgehead atoms. The Morgan fingerprint density at radius 2 is 1.50 bits per heavy atom. The van der Waals surface area contributed by atoms with Crippen LogP contribution < -0.4 is 26.6 Å². The van der Waals surface area contributed by atoms with E-state index < -0.39 is 30.3 Å². The largest absolute Gasteiger partial charge is 0.363 e. The third kappa shape index (κ3) is 10.5. The van der Waals surface area contributed by atoms with Gasteiger partial charge in [0, 0.05) is 43.8 Å². The third-order valence-electron chi connectivity index (χ3n) is 11.2. The molecule has 2 aliphatic heterocycles. The Morgan fingerprint density at radius 3 is 2.20 bits per heavy atom. The van der Waals surface area contributed by atoms with E-state index in [1.54, 1.807) is 39.8 Å². The summed E-state index contributed by atoms with van der Waals surface area (Å²) in [6.45, 7) is 8.04. The van der Waals surface area contributed by atoms with Crippen molar-refractivity contribution in [3.63, 3.8) is 0 Å². The molecule has 0 unspecified atom stereocenters. The lowest BCUT2D eigenvalue weighted by molar-refractivity contribution is -0.141. The number of rotatable bonds is 15. The van der Waals surface area contributed by atoms with Crippen molar-refractivity contribution < 1.29 is 23.9 Å². The fraction of sp³-hybridized carbons (Fsp3) is 0.571. The zero-order valence-corrected chi connectivity index (χ0v) is 32.6. The van der Waals surface area contributed by atoms with E-state index in [1.165, 1.54) is 11.1 Å². The zero-order chi connectivity index (χ0) is 38.6. The minimum atomic E-state index is -0.878. The van der Waals surface area contributed by atoms with E-state index in [9.17, 15) is 19.2 Å². The highest BCUT2D eigenvalue weighted by atomic mass is 16.5. The quantitative estimate of drug-likeness (QED) is 0.176. The number of nitrogens with one attached hydrogen (secondary N) is 5. The average molecular weight is 742 g/mol. The Hall–Kier alpha value is -4.28. The van der Waals surface area contributed by atoms with Gasteiger partial charge in [0.1, 0.15) is 18.7 Å². The summed E-state index contributed by atoms with van der Waals surface area (Å²) in [6, 6.07) is 13.6. The van der Waals surface area contributed by atoms with Gasteiger partial charge in [-0.25, -0.2) is 0 Å². The van der Waals surface area contributed by atoms with Crippen LogP contribution in [0.2, 0.25) is 0 Å². The Bertz CT molecular complexity index is 1650. The molecule has 2 fully saturated rings. The number of carbonyl (C=O) groups excluding carboxylic acids is 4. The Labute approximate surface area is 320 Å². The molecule has 0 aromatic heterocycles. The van der Waals surface area contributed by atoms with Gasteiger partial charge < -0.3 is 41.1 Å². The van der Waals surface area contributed by atoms with Gasteiger partial charge in [-0.15, -0.1) is 0 Å². The first kappa shape index (κ1) is 40.9. The van der Waals surface area contributed by atoms with E-state index in [1.807, 2.05) is 29.2 Å². The van der Waals surface area contributed by atoms with Crippen LogP contribution in [0, 0.1) is 11.8 Å². The number of likely N-dealkylation sites (tertiary alicyclic amines) is 2. The molecule has 0 saturated carbocycles. The van der Waals surface area contributed by atoms with E-state index in [4.69, 9.17) is 4.74 Å². The van der Waals surface area contributed by atoms with Gasteiger partial charge in [-0.05, 0) is 109 Å². The van der Waals surface area contributed by atoms with Crippen LogP contribution in [0.5, 0.6) is 0 Å². The molecule has 5 N–H and O–H groups in total. The summed E-state index contributed by atoms with van der Waals surface area (Å²) >= 11 is 0. The molecule has 54 heavy (non-hydrogen) atoms. The molecule has 1 aliphatic carbocycles. The summed E-state index contributed by atoms with van der Waals surface area (Å²) in [5, 5.41) is 15.5. The number of aryl methyl sites for hydroxylation is 1. The molecule has 5 rings (SSSR count). The molecule has 2 aromatic rings. The van der Waals surface area contributed by atoms with Crippen LogP contribution in [0.1, 0.15) is 93.6 Å². The monoisotopic (exact) mass is 741 g/mol. The van der Waals surface area contributed by atoms with Crippen molar-refractivity contribution in [1.29, 1.82) is 0 Å². The molecule has 12 heteroatoms. The van der Waals surface area contributed by atoms with Crippen molar-refractivity contribution in [2.24, 2.45) is 0 Å². The van der Waals surface area contributed by atoms with Crippen LogP contribution in [0.4, 0.5) is 0 Å². The Kier molecular flexibility index (Phi) is 15.0. The Morgan fingerprint density at radius 1 is 0.815 bits per heavy atom. The van der Waals surface area contributed by atoms with Gasteiger partial charge in [-0.1, -0.05) is 48.2 Å². The topological polar surface area (TPSA) is 144 Å². The van der Waals surface area contributed by atoms with Crippen LogP contribution >= 0.6 is 0 Å². The number of benzene rings is 2. The molecule has 2 aromatic carbocycles. The molecule has 2 saturated heterocycles. The molecule has 3 aliphatic rings. The minimum Gasteiger partial charge on any atom is -0.363 e. The number of ether oxygens (including phenoxy) is 1. The highest BCUT2D eigenvalue weighted by Crippen LogP contribution is 2.30. The number of fused-ring (bicyclic) bond motifs is 1. The van der Waals surface area contributed by atoms with Crippen LogP contribution in [-0.4, -0.2) is 111 Å². The van der Waals surface area contributed by atoms with Gasteiger partial charge in [0.15, 0.2) is 0 Å². The van der Waals surface area contributed by atoms with Crippen LogP contribution in [0.15, 0.2) is 48.5 Å². The maximum atomic E-state index is 14.2. The summed E-state index contributed by atoms with van der Waals surface area (Å²) < 4.78 is 6.10. The first-order chi connectivity index (χ1) is 26.1. The smallest absolute Gasteiger partial charge is 0.249 e. The highest BCUT2D eigenvalue weighted by Gasteiger charge is 2.38. The number of carbonyl (C=O) groups is 4. The van der Waals surface area contributed by atoms with Crippen molar-refractivity contribution >= 4 is 23.6 Å². The fourth-order valence-corrected chi connectivity index (χ4v) is 7.52. The van der Waals surface area contributed by atoms with Gasteiger partial charge in [-0.2, -0.15) is 0 Å². The van der Waals surface area contributed by atoms with Gasteiger partial charge in [-0.3, -0.25) is 19.2 Å². The standard InChI is InChI=1S/C42H59N7O5/c1-28(43-4)39(50)46-37(42(53)49-25-11-16-34(49)27-45-36-18-10-15-32-14-6-7-17-35(32)36)30(3)54-26-12-13-31-19-21-33(22-20-31)38(47-40(51)29(2)44-5)41(52)48-23-8-9-24-48/h6-7,14,17,19-22,28-30,34,36-38,43-45H,8-11,15-16,18,23-27H2,1-5H3,(H,46,50)(H,47,51)/t28-,29-,30+,34-,36+,37-,38-/m0/s1. The molecule has 292 valence electrons. The minimum absolute atomic E-state index is 0.0213. The predicted octanol–water partition coefficient (Wildman–Crippen LogP) is 2.58. The molecule has 7 atom stereocenters. The normalized spacial score (nSPS) is 20.8. The number of hydrogen-bond acceptors (Lipinski definition) is 8. The van der Waals surface area contributed by atoms with E-state index in [0.29, 0.717) is 37.3 Å². The first-order valence-corrected chi connectivity index (χ1v) is 19.7. The van der Waals surface area contributed by atoms with E-state index in [0.717, 1.165) is 44.9 Å². The molecule has 2 heterocycles. The highest BCUT2D eigenvalue weighted by molar-refractivity contribution is 5.91. The number of nitrogens with zero attached hydrogens (tertiary/aromatic N) is 2. The SMILES string of the molecule is CN[C@@H](C)C(=O)N[C@H](C(=O)N1CCCC1)c1ccc(C#CCO[C@H](C)[C@H](NC(=O)[C@H](C)NC)C(=O)N2CCC[C@H]2CN[C@@H]2CCCc3ccccc32)cc1. The first-order valence-electron chi connectivity index (χ1n) is 19.7. The second-order valence-electron chi connectivity index (χ2n) is 14.8. The summed E-state index contributed by atoms with van der Waals surface area (Å²) in [5.41, 5.74) is 4.15. The second kappa shape index (κ2) is 19.9. The molecule has 0 radical (unpaired) electrons. The van der Waals surface area contributed by atoms with Crippen LogP contribution in [0.25, 0.3) is 0 Å². The van der Waals surface area contributed by atoms with Crippen molar-refractivity contribution in [3.05, 3.63) is 70.8 Å². The van der Waals surface area contributed by atoms with Crippen molar-refractivity contribution in [2.75, 3.05) is 46.9 Å². The van der Waals surface area contributed by atoms with Gasteiger partial charge in [0.2, 0.25) is 23.6 Å². The maximum absolute atomic E-state index is 14.2. The number of likely N-dealkylation sites (N-methyl/N-ethyl adjacent to an activating group) is 2. The summed E-state index contributed by atoms with van der Waals surface area (Å²) in [5.74, 6) is 5.36. The second-order valence-corrected chi connectivity index (χ2v) is 14.8. The van der Waals surface area contributed by atoms with E-state index in [-0.39, 0.29) is 42.3 Å². The Balaban J connectivity index is 1.22.